The lowest BCUT2D eigenvalue weighted by Crippen LogP contribution is -2.15. The summed E-state index contributed by atoms with van der Waals surface area (Å²) in [5, 5.41) is 0.842. The van der Waals surface area contributed by atoms with Crippen LogP contribution in [0.4, 0.5) is 0 Å². The van der Waals surface area contributed by atoms with Gasteiger partial charge in [0, 0.05) is 15.4 Å². The molecule has 0 saturated carbocycles. The number of pyridine rings is 1. The molecule has 0 aliphatic carbocycles. The number of rotatable bonds is 1. The highest BCUT2D eigenvalue weighted by molar-refractivity contribution is 9.10. The Morgan fingerprint density at radius 1 is 1.33 bits per heavy atom. The van der Waals surface area contributed by atoms with Gasteiger partial charge in [-0.2, -0.15) is 0 Å². The summed E-state index contributed by atoms with van der Waals surface area (Å²) >= 11 is 3.34. The number of H-pyrrole nitrogens is 1. The van der Waals surface area contributed by atoms with E-state index in [1.165, 1.54) is 6.92 Å². The lowest BCUT2D eigenvalue weighted by atomic mass is 10.1. The number of halogens is 1. The molecule has 0 spiro atoms. The summed E-state index contributed by atoms with van der Waals surface area (Å²) in [6.45, 7) is 1.38. The molecule has 0 saturated heterocycles. The average Bonchev–Trinajstić information content (AvgIpc) is 2.17. The zero-order valence-electron chi connectivity index (χ0n) is 8.00. The molecule has 1 heterocycles. The van der Waals surface area contributed by atoms with Gasteiger partial charge in [-0.05, 0) is 31.2 Å². The van der Waals surface area contributed by atoms with Crippen LogP contribution < -0.4 is 5.56 Å². The second kappa shape index (κ2) is 3.62. The first-order valence-electron chi connectivity index (χ1n) is 4.41. The minimum absolute atomic E-state index is 0.195. The molecule has 3 nitrogen and oxygen atoms in total. The third-order valence-electron chi connectivity index (χ3n) is 2.19. The zero-order valence-corrected chi connectivity index (χ0v) is 9.59. The third-order valence-corrected chi connectivity index (χ3v) is 2.68. The van der Waals surface area contributed by atoms with Crippen molar-refractivity contribution in [3.63, 3.8) is 0 Å². The monoisotopic (exact) mass is 265 g/mol. The zero-order chi connectivity index (χ0) is 11.0. The van der Waals surface area contributed by atoms with E-state index >= 15 is 0 Å². The Morgan fingerprint density at radius 2 is 2.07 bits per heavy atom. The molecule has 0 radical (unpaired) electrons. The summed E-state index contributed by atoms with van der Waals surface area (Å²) in [7, 11) is 0. The molecule has 1 N–H and O–H groups in total. The maximum absolute atomic E-state index is 11.5. The van der Waals surface area contributed by atoms with E-state index in [9.17, 15) is 9.59 Å². The number of aromatic nitrogens is 1. The van der Waals surface area contributed by atoms with E-state index in [0.717, 1.165) is 15.4 Å². The lowest BCUT2D eigenvalue weighted by Gasteiger charge is -2.00. The fourth-order valence-electron chi connectivity index (χ4n) is 1.44. The van der Waals surface area contributed by atoms with Crippen molar-refractivity contribution in [1.29, 1.82) is 0 Å². The summed E-state index contributed by atoms with van der Waals surface area (Å²) in [6.07, 6.45) is 0. The topological polar surface area (TPSA) is 49.9 Å². The third kappa shape index (κ3) is 1.85. The highest BCUT2D eigenvalue weighted by Crippen LogP contribution is 2.17. The number of hydrogen-bond acceptors (Lipinski definition) is 2. The molecule has 0 bridgehead atoms. The molecule has 15 heavy (non-hydrogen) atoms. The van der Waals surface area contributed by atoms with E-state index in [1.54, 1.807) is 12.1 Å². The number of carbonyl (C=O) groups is 1. The van der Waals surface area contributed by atoms with Gasteiger partial charge in [-0.1, -0.05) is 15.9 Å². The van der Waals surface area contributed by atoms with E-state index in [1.807, 2.05) is 12.1 Å². The van der Waals surface area contributed by atoms with Gasteiger partial charge in [0.15, 0.2) is 5.78 Å². The predicted octanol–water partition coefficient (Wildman–Crippen LogP) is 2.49. The van der Waals surface area contributed by atoms with Crippen LogP contribution in [-0.4, -0.2) is 10.8 Å². The largest absolute Gasteiger partial charge is 0.321 e. The van der Waals surface area contributed by atoms with Crippen molar-refractivity contribution in [1.82, 2.24) is 4.98 Å². The predicted molar refractivity (Wildman–Crippen MR) is 62.3 cm³/mol. The molecule has 0 atom stereocenters. The first kappa shape index (κ1) is 10.1. The molecule has 4 heteroatoms. The first-order valence-corrected chi connectivity index (χ1v) is 5.21. The molecule has 0 aliphatic heterocycles. The second-order valence-electron chi connectivity index (χ2n) is 3.30. The molecule has 1 aromatic heterocycles. The van der Waals surface area contributed by atoms with Gasteiger partial charge in [-0.15, -0.1) is 0 Å². The van der Waals surface area contributed by atoms with Gasteiger partial charge in [0.2, 0.25) is 0 Å². The highest BCUT2D eigenvalue weighted by Gasteiger charge is 2.06. The summed E-state index contributed by atoms with van der Waals surface area (Å²) in [5.74, 6) is -0.224. The SMILES string of the molecule is CC(=O)c1cc2cc(Br)ccc2[nH]c1=O. The molecule has 0 unspecified atom stereocenters. The number of Topliss-reactive ketones (excluding diaryl/α,β-unsaturated/α-hetero) is 1. The van der Waals surface area contributed by atoms with Crippen LogP contribution in [0.2, 0.25) is 0 Å². The van der Waals surface area contributed by atoms with E-state index in [2.05, 4.69) is 20.9 Å². The quantitative estimate of drug-likeness (QED) is 0.806. The summed E-state index contributed by atoms with van der Waals surface area (Å²) in [6, 6.07) is 7.11. The van der Waals surface area contributed by atoms with Gasteiger partial charge in [-0.25, -0.2) is 0 Å². The normalized spacial score (nSPS) is 10.5. The van der Waals surface area contributed by atoms with Crippen molar-refractivity contribution >= 4 is 32.6 Å². The molecule has 2 aromatic rings. The van der Waals surface area contributed by atoms with Gasteiger partial charge in [0.1, 0.15) is 0 Å². The van der Waals surface area contributed by atoms with Gasteiger partial charge in [0.05, 0.1) is 5.56 Å². The lowest BCUT2D eigenvalue weighted by molar-refractivity contribution is 0.101. The fourth-order valence-corrected chi connectivity index (χ4v) is 1.82. The highest BCUT2D eigenvalue weighted by atomic mass is 79.9. The van der Waals surface area contributed by atoms with Crippen molar-refractivity contribution in [3.05, 3.63) is 44.7 Å². The molecule has 2 rings (SSSR count). The molecule has 0 aliphatic rings. The van der Waals surface area contributed by atoms with Gasteiger partial charge >= 0.3 is 0 Å². The Morgan fingerprint density at radius 3 is 2.73 bits per heavy atom. The minimum atomic E-state index is -0.336. The van der Waals surface area contributed by atoms with Crippen molar-refractivity contribution in [3.8, 4) is 0 Å². The Labute approximate surface area is 94.3 Å². The van der Waals surface area contributed by atoms with Crippen LogP contribution >= 0.6 is 15.9 Å². The van der Waals surface area contributed by atoms with Crippen molar-refractivity contribution in [2.45, 2.75) is 6.92 Å². The van der Waals surface area contributed by atoms with Gasteiger partial charge in [-0.3, -0.25) is 9.59 Å². The van der Waals surface area contributed by atoms with Crippen molar-refractivity contribution in [2.24, 2.45) is 0 Å². The molecule has 0 fully saturated rings. The number of hydrogen-bond donors (Lipinski definition) is 1. The molecule has 1 aromatic carbocycles. The summed E-state index contributed by atoms with van der Waals surface area (Å²) < 4.78 is 0.913. The Balaban J connectivity index is 2.83. The van der Waals surface area contributed by atoms with Crippen molar-refractivity contribution < 1.29 is 4.79 Å². The van der Waals surface area contributed by atoms with E-state index in [0.29, 0.717) is 0 Å². The van der Waals surface area contributed by atoms with Crippen LogP contribution in [-0.2, 0) is 0 Å². The van der Waals surface area contributed by atoms with Crippen LogP contribution in [0.1, 0.15) is 17.3 Å². The van der Waals surface area contributed by atoms with Crippen LogP contribution in [0.25, 0.3) is 10.9 Å². The molecule has 0 amide bonds. The number of nitrogens with one attached hydrogen (secondary N) is 1. The number of benzene rings is 1. The van der Waals surface area contributed by atoms with E-state index < -0.39 is 0 Å². The van der Waals surface area contributed by atoms with E-state index in [4.69, 9.17) is 0 Å². The van der Waals surface area contributed by atoms with E-state index in [-0.39, 0.29) is 16.9 Å². The minimum Gasteiger partial charge on any atom is -0.321 e. The van der Waals surface area contributed by atoms with Crippen molar-refractivity contribution in [2.75, 3.05) is 0 Å². The number of carbonyl (C=O) groups excluding carboxylic acids is 1. The number of aromatic amines is 1. The fraction of sp³-hybridized carbons (Fsp3) is 0.0909. The molecular weight excluding hydrogens is 258 g/mol. The second-order valence-corrected chi connectivity index (χ2v) is 4.22. The Bertz CT molecular complexity index is 601. The summed E-state index contributed by atoms with van der Waals surface area (Å²) in [4.78, 5) is 25.3. The van der Waals surface area contributed by atoms with Crippen LogP contribution in [0, 0.1) is 0 Å². The number of fused-ring (bicyclic) bond motifs is 1. The standard InChI is InChI=1S/C11H8BrNO2/c1-6(14)9-5-7-4-8(12)2-3-10(7)13-11(9)15/h2-5H,1H3,(H,13,15). The van der Waals surface area contributed by atoms with Crippen LogP contribution in [0.15, 0.2) is 33.5 Å². The van der Waals surface area contributed by atoms with Gasteiger partial charge < -0.3 is 4.98 Å². The first-order chi connectivity index (χ1) is 7.08. The Hall–Kier alpha value is -1.42. The van der Waals surface area contributed by atoms with Crippen LogP contribution in [0.5, 0.6) is 0 Å². The molecular formula is C11H8BrNO2. The maximum atomic E-state index is 11.5. The Kier molecular flexibility index (Phi) is 2.44. The van der Waals surface area contributed by atoms with Crippen LogP contribution in [0.3, 0.4) is 0 Å². The summed E-state index contributed by atoms with van der Waals surface area (Å²) in [5.41, 5.74) is 0.589. The van der Waals surface area contributed by atoms with Gasteiger partial charge in [0.25, 0.3) is 5.56 Å². The average molecular weight is 266 g/mol. The maximum Gasteiger partial charge on any atom is 0.259 e. The number of ketones is 1. The molecule has 76 valence electrons. The smallest absolute Gasteiger partial charge is 0.259 e.